The molecule has 306 valence electrons. The molecule has 0 unspecified atom stereocenters. The van der Waals surface area contributed by atoms with Crippen LogP contribution in [0.3, 0.4) is 0 Å². The second-order valence-electron chi connectivity index (χ2n) is 17.0. The summed E-state index contributed by atoms with van der Waals surface area (Å²) in [5.74, 6) is 0.522. The van der Waals surface area contributed by atoms with Crippen LogP contribution in [-0.2, 0) is 24.5 Å². The Hall–Kier alpha value is -5.25. The maximum Gasteiger partial charge on any atom is 0.514 e. The number of nitro benzene ring substituents is 1. The summed E-state index contributed by atoms with van der Waals surface area (Å²) in [6.45, 7) is 20.9. The molecule has 1 aliphatic carbocycles. The van der Waals surface area contributed by atoms with Gasteiger partial charge >= 0.3 is 18.3 Å². The SMILES string of the molecule is C[C@@H](CCO[C@H](C)c1cc(N(C(=O)OC(C)(C)C)c2cc([C@H]3CC[C@@H](OC(=O)Oc4ccc([N+](=O)[O-])cc4)C3)nn2C(C)(C)C)ccn1)NC(=O)OC(C)(C)C. The minimum absolute atomic E-state index is 0.0939. The van der Waals surface area contributed by atoms with Gasteiger partial charge in [0.25, 0.3) is 5.69 Å². The molecule has 2 amide bonds. The van der Waals surface area contributed by atoms with Gasteiger partial charge in [0.05, 0.1) is 33.6 Å². The predicted octanol–water partition coefficient (Wildman–Crippen LogP) is 9.25. The van der Waals surface area contributed by atoms with Crippen LogP contribution in [0.2, 0.25) is 0 Å². The molecule has 56 heavy (non-hydrogen) atoms. The largest absolute Gasteiger partial charge is 0.514 e. The first-order valence-electron chi connectivity index (χ1n) is 18.8. The molecule has 0 bridgehead atoms. The molecule has 1 saturated carbocycles. The Morgan fingerprint density at radius 2 is 1.62 bits per heavy atom. The fraction of sp³-hybridized carbons (Fsp3) is 0.575. The summed E-state index contributed by atoms with van der Waals surface area (Å²) in [6.07, 6.45) is 0.960. The van der Waals surface area contributed by atoms with E-state index in [1.807, 2.05) is 40.7 Å². The molecule has 1 fully saturated rings. The maximum atomic E-state index is 14.1. The third-order valence-corrected chi connectivity index (χ3v) is 8.59. The minimum Gasteiger partial charge on any atom is -0.444 e. The van der Waals surface area contributed by atoms with Crippen molar-refractivity contribution in [3.05, 3.63) is 70.2 Å². The van der Waals surface area contributed by atoms with Crippen LogP contribution >= 0.6 is 0 Å². The van der Waals surface area contributed by atoms with Crippen LogP contribution in [-0.4, -0.2) is 68.0 Å². The first-order valence-corrected chi connectivity index (χ1v) is 18.8. The summed E-state index contributed by atoms with van der Waals surface area (Å²) in [7, 11) is 0. The van der Waals surface area contributed by atoms with Crippen LogP contribution in [0.1, 0.15) is 125 Å². The first kappa shape index (κ1) is 43.5. The molecule has 16 nitrogen and oxygen atoms in total. The van der Waals surface area contributed by atoms with E-state index in [2.05, 4.69) is 10.3 Å². The molecule has 4 atom stereocenters. The van der Waals surface area contributed by atoms with Gasteiger partial charge in [-0.15, -0.1) is 0 Å². The van der Waals surface area contributed by atoms with Crippen LogP contribution in [0.15, 0.2) is 48.7 Å². The monoisotopic (exact) mass is 780 g/mol. The summed E-state index contributed by atoms with van der Waals surface area (Å²) in [6, 6.07) is 10.4. The van der Waals surface area contributed by atoms with Gasteiger partial charge in [0.2, 0.25) is 0 Å². The number of nitrogens with zero attached hydrogens (tertiary/aromatic N) is 5. The number of ether oxygens (including phenoxy) is 5. The predicted molar refractivity (Wildman–Crippen MR) is 208 cm³/mol. The van der Waals surface area contributed by atoms with E-state index in [-0.39, 0.29) is 23.4 Å². The number of hydrogen-bond acceptors (Lipinski definition) is 12. The van der Waals surface area contributed by atoms with Crippen LogP contribution in [0, 0.1) is 10.1 Å². The Morgan fingerprint density at radius 3 is 2.23 bits per heavy atom. The van der Waals surface area contributed by atoms with Gasteiger partial charge in [0, 0.05) is 43.0 Å². The lowest BCUT2D eigenvalue weighted by molar-refractivity contribution is -0.384. The number of aromatic nitrogens is 3. The number of nitro groups is 1. The molecule has 0 saturated heterocycles. The van der Waals surface area contributed by atoms with E-state index in [0.29, 0.717) is 49.5 Å². The Balaban J connectivity index is 1.53. The summed E-state index contributed by atoms with van der Waals surface area (Å²) in [5.41, 5.74) is -0.283. The van der Waals surface area contributed by atoms with E-state index in [1.165, 1.54) is 29.2 Å². The third kappa shape index (κ3) is 12.6. The lowest BCUT2D eigenvalue weighted by Gasteiger charge is -2.31. The van der Waals surface area contributed by atoms with Gasteiger partial charge < -0.3 is 29.0 Å². The van der Waals surface area contributed by atoms with Crippen molar-refractivity contribution in [2.75, 3.05) is 11.5 Å². The van der Waals surface area contributed by atoms with E-state index >= 15 is 0 Å². The zero-order valence-electron chi connectivity index (χ0n) is 34.3. The number of nitrogens with one attached hydrogen (secondary N) is 1. The highest BCUT2D eigenvalue weighted by atomic mass is 16.7. The molecule has 0 aliphatic heterocycles. The molecular formula is C40H56N6O10. The van der Waals surface area contributed by atoms with Crippen molar-refractivity contribution >= 4 is 35.5 Å². The van der Waals surface area contributed by atoms with Crippen molar-refractivity contribution in [1.82, 2.24) is 20.1 Å². The zero-order chi connectivity index (χ0) is 41.6. The van der Waals surface area contributed by atoms with Crippen LogP contribution in [0.5, 0.6) is 5.75 Å². The van der Waals surface area contributed by atoms with E-state index in [1.54, 1.807) is 64.6 Å². The number of non-ortho nitro benzene ring substituents is 1. The van der Waals surface area contributed by atoms with Crippen LogP contribution in [0.25, 0.3) is 0 Å². The van der Waals surface area contributed by atoms with Gasteiger partial charge in [-0.25, -0.2) is 24.0 Å². The molecule has 0 spiro atoms. The Kier molecular flexibility index (Phi) is 13.7. The normalized spacial score (nSPS) is 17.1. The van der Waals surface area contributed by atoms with Crippen LogP contribution in [0.4, 0.5) is 31.6 Å². The minimum atomic E-state index is -0.903. The first-order chi connectivity index (χ1) is 26.0. The number of alkyl carbamates (subject to hydrolysis) is 1. The molecular weight excluding hydrogens is 724 g/mol. The van der Waals surface area contributed by atoms with Crippen molar-refractivity contribution in [2.24, 2.45) is 0 Å². The average molecular weight is 781 g/mol. The van der Waals surface area contributed by atoms with Gasteiger partial charge in [-0.2, -0.15) is 5.10 Å². The number of amides is 2. The van der Waals surface area contributed by atoms with E-state index in [0.717, 1.165) is 5.69 Å². The second kappa shape index (κ2) is 17.7. The molecule has 1 aromatic carbocycles. The highest BCUT2D eigenvalue weighted by Gasteiger charge is 2.36. The zero-order valence-corrected chi connectivity index (χ0v) is 34.3. The molecule has 1 aliphatic rings. The highest BCUT2D eigenvalue weighted by Crippen LogP contribution is 2.40. The van der Waals surface area contributed by atoms with Crippen molar-refractivity contribution < 1.29 is 43.0 Å². The lowest BCUT2D eigenvalue weighted by atomic mass is 10.0. The van der Waals surface area contributed by atoms with E-state index in [4.69, 9.17) is 28.8 Å². The van der Waals surface area contributed by atoms with Crippen molar-refractivity contribution in [1.29, 1.82) is 0 Å². The average Bonchev–Trinajstić information content (AvgIpc) is 3.71. The fourth-order valence-corrected chi connectivity index (χ4v) is 5.97. The van der Waals surface area contributed by atoms with Gasteiger partial charge in [0.15, 0.2) is 0 Å². The maximum absolute atomic E-state index is 14.1. The molecule has 1 N–H and O–H groups in total. The smallest absolute Gasteiger partial charge is 0.444 e. The standard InChI is InChI=1S/C40H56N6O10/c1-25(42-35(47)55-39(6,7)8)19-21-52-26(2)32-23-29(18-20-41-32)44(36(48)56-40(9,10)11)34-24-33(43-45(34)38(3,4)5)27-12-15-31(22-27)54-37(49)53-30-16-13-28(14-17-30)46(50)51/h13-14,16-18,20,23-27,31H,12,15,19,21-22H2,1-11H3,(H,42,47)/t25-,26+,27-,31+/m0/s1. The van der Waals surface area contributed by atoms with E-state index < -0.39 is 52.2 Å². The quantitative estimate of drug-likeness (QED) is 0.0604. The summed E-state index contributed by atoms with van der Waals surface area (Å²) in [4.78, 5) is 55.3. The number of carbonyl (C=O) groups excluding carboxylic acids is 3. The molecule has 2 heterocycles. The van der Waals surface area contributed by atoms with E-state index in [9.17, 15) is 24.5 Å². The Bertz CT molecular complexity index is 1840. The van der Waals surface area contributed by atoms with Crippen molar-refractivity contribution in [3.8, 4) is 5.75 Å². The topological polar surface area (TPSA) is 186 Å². The summed E-state index contributed by atoms with van der Waals surface area (Å²) >= 11 is 0. The molecule has 4 rings (SSSR count). The number of hydrogen-bond donors (Lipinski definition) is 1. The van der Waals surface area contributed by atoms with Crippen molar-refractivity contribution in [3.63, 3.8) is 0 Å². The summed E-state index contributed by atoms with van der Waals surface area (Å²) < 4.78 is 30.1. The van der Waals surface area contributed by atoms with Crippen LogP contribution < -0.4 is 15.0 Å². The lowest BCUT2D eigenvalue weighted by Crippen LogP contribution is -2.38. The molecule has 3 aromatic rings. The number of rotatable bonds is 12. The second-order valence-corrected chi connectivity index (χ2v) is 17.0. The number of pyridine rings is 1. The third-order valence-electron chi connectivity index (χ3n) is 8.59. The number of carbonyl (C=O) groups is 3. The molecule has 2 aromatic heterocycles. The van der Waals surface area contributed by atoms with Gasteiger partial charge in [0.1, 0.15) is 28.9 Å². The number of benzene rings is 1. The molecule has 0 radical (unpaired) electrons. The molecule has 16 heteroatoms. The van der Waals surface area contributed by atoms with Gasteiger partial charge in [-0.3, -0.25) is 15.1 Å². The Morgan fingerprint density at radius 1 is 0.964 bits per heavy atom. The Labute approximate surface area is 328 Å². The van der Waals surface area contributed by atoms with Crippen molar-refractivity contribution in [2.45, 2.75) is 143 Å². The fourth-order valence-electron chi connectivity index (χ4n) is 5.97. The van der Waals surface area contributed by atoms with Gasteiger partial charge in [-0.05, 0) is 126 Å². The highest BCUT2D eigenvalue weighted by molar-refractivity contribution is 5.95. The number of anilines is 2. The van der Waals surface area contributed by atoms with Gasteiger partial charge in [-0.1, -0.05) is 0 Å². The summed E-state index contributed by atoms with van der Waals surface area (Å²) in [5, 5.41) is 18.8.